The van der Waals surface area contributed by atoms with Crippen LogP contribution in [0.2, 0.25) is 5.02 Å². The van der Waals surface area contributed by atoms with Gasteiger partial charge < -0.3 is 0 Å². The van der Waals surface area contributed by atoms with Crippen LogP contribution >= 0.6 is 27.5 Å². The predicted octanol–water partition coefficient (Wildman–Crippen LogP) is 2.99. The Morgan fingerprint density at radius 3 is 2.92 bits per heavy atom. The average molecular weight is 246 g/mol. The molecule has 0 fully saturated rings. The molecule has 0 atom stereocenters. The van der Waals surface area contributed by atoms with Crippen molar-refractivity contribution in [2.75, 3.05) is 0 Å². The van der Waals surface area contributed by atoms with Crippen LogP contribution in [0.5, 0.6) is 0 Å². The van der Waals surface area contributed by atoms with Crippen molar-refractivity contribution in [2.24, 2.45) is 7.05 Å². The Labute approximate surface area is 83.3 Å². The van der Waals surface area contributed by atoms with E-state index in [4.69, 9.17) is 11.6 Å². The molecule has 0 radical (unpaired) electrons. The van der Waals surface area contributed by atoms with Crippen LogP contribution in [-0.4, -0.2) is 9.78 Å². The number of hydrogen-bond acceptors (Lipinski definition) is 1. The maximum atomic E-state index is 5.99. The van der Waals surface area contributed by atoms with Gasteiger partial charge in [0.2, 0.25) is 0 Å². The minimum Gasteiger partial charge on any atom is -0.267 e. The Morgan fingerprint density at radius 2 is 2.25 bits per heavy atom. The van der Waals surface area contributed by atoms with Crippen LogP contribution in [0.15, 0.2) is 22.8 Å². The van der Waals surface area contributed by atoms with Gasteiger partial charge in [-0.05, 0) is 28.1 Å². The molecule has 4 heteroatoms. The van der Waals surface area contributed by atoms with E-state index in [1.165, 1.54) is 0 Å². The van der Waals surface area contributed by atoms with Gasteiger partial charge in [0.15, 0.2) is 0 Å². The molecule has 0 aliphatic rings. The number of nitrogens with zero attached hydrogens (tertiary/aromatic N) is 2. The highest BCUT2D eigenvalue weighted by molar-refractivity contribution is 9.10. The highest BCUT2D eigenvalue weighted by atomic mass is 79.9. The average Bonchev–Trinajstić information content (AvgIpc) is 2.29. The summed E-state index contributed by atoms with van der Waals surface area (Å²) in [6.07, 6.45) is 0. The summed E-state index contributed by atoms with van der Waals surface area (Å²) in [6.45, 7) is 0. The van der Waals surface area contributed by atoms with E-state index in [0.717, 1.165) is 20.5 Å². The first kappa shape index (κ1) is 8.08. The van der Waals surface area contributed by atoms with Gasteiger partial charge in [0.1, 0.15) is 4.60 Å². The third-order valence-corrected chi connectivity index (χ3v) is 2.65. The molecule has 2 nitrogen and oxygen atoms in total. The zero-order chi connectivity index (χ0) is 8.72. The van der Waals surface area contributed by atoms with Crippen molar-refractivity contribution in [2.45, 2.75) is 0 Å². The van der Waals surface area contributed by atoms with Gasteiger partial charge in [-0.3, -0.25) is 4.68 Å². The van der Waals surface area contributed by atoms with Gasteiger partial charge in [-0.2, -0.15) is 5.10 Å². The lowest BCUT2D eigenvalue weighted by Crippen LogP contribution is -1.87. The van der Waals surface area contributed by atoms with Crippen LogP contribution in [0.3, 0.4) is 0 Å². The first-order valence-corrected chi connectivity index (χ1v) is 4.64. The van der Waals surface area contributed by atoms with Gasteiger partial charge in [-0.15, -0.1) is 0 Å². The fourth-order valence-electron chi connectivity index (χ4n) is 1.22. The summed E-state index contributed by atoms with van der Waals surface area (Å²) in [7, 11) is 1.89. The number of rotatable bonds is 0. The van der Waals surface area contributed by atoms with Crippen LogP contribution < -0.4 is 0 Å². The topological polar surface area (TPSA) is 17.8 Å². The summed E-state index contributed by atoms with van der Waals surface area (Å²) >= 11 is 9.34. The van der Waals surface area contributed by atoms with Crippen molar-refractivity contribution in [1.29, 1.82) is 0 Å². The molecule has 1 heterocycles. The smallest absolute Gasteiger partial charge is 0.137 e. The normalized spacial score (nSPS) is 10.9. The minimum absolute atomic E-state index is 0.729. The highest BCUT2D eigenvalue weighted by Gasteiger charge is 2.07. The first-order chi connectivity index (χ1) is 5.70. The van der Waals surface area contributed by atoms with Crippen LogP contribution in [0.4, 0.5) is 0 Å². The second-order valence-corrected chi connectivity index (χ2v) is 3.71. The standard InChI is InChI=1S/C8H6BrClN2/c1-12-6-4-2-3-5(10)7(6)8(9)11-12/h2-4H,1H3. The highest BCUT2D eigenvalue weighted by Crippen LogP contribution is 2.29. The molecule has 12 heavy (non-hydrogen) atoms. The zero-order valence-electron chi connectivity index (χ0n) is 6.38. The molecule has 0 N–H and O–H groups in total. The van der Waals surface area contributed by atoms with Gasteiger partial charge in [-0.1, -0.05) is 17.7 Å². The van der Waals surface area contributed by atoms with E-state index in [1.807, 2.05) is 25.2 Å². The number of hydrogen-bond donors (Lipinski definition) is 0. The summed E-state index contributed by atoms with van der Waals surface area (Å²) in [5, 5.41) is 5.90. The molecular formula is C8H6BrClN2. The maximum absolute atomic E-state index is 5.99. The van der Waals surface area contributed by atoms with Gasteiger partial charge in [0, 0.05) is 7.05 Å². The number of halogens is 2. The largest absolute Gasteiger partial charge is 0.267 e. The molecule has 2 rings (SSSR count). The molecular weight excluding hydrogens is 239 g/mol. The third-order valence-electron chi connectivity index (χ3n) is 1.78. The molecule has 0 bridgehead atoms. The van der Waals surface area contributed by atoms with Gasteiger partial charge >= 0.3 is 0 Å². The van der Waals surface area contributed by atoms with Crippen LogP contribution in [0.25, 0.3) is 10.9 Å². The van der Waals surface area contributed by atoms with E-state index >= 15 is 0 Å². The van der Waals surface area contributed by atoms with E-state index in [1.54, 1.807) is 4.68 Å². The molecule has 2 aromatic rings. The lowest BCUT2D eigenvalue weighted by Gasteiger charge is -1.93. The van der Waals surface area contributed by atoms with Gasteiger partial charge in [-0.25, -0.2) is 0 Å². The Morgan fingerprint density at radius 1 is 1.50 bits per heavy atom. The lowest BCUT2D eigenvalue weighted by atomic mass is 10.2. The SMILES string of the molecule is Cn1nc(Br)c2c(Cl)cccc21. The second-order valence-electron chi connectivity index (χ2n) is 2.55. The van der Waals surface area contributed by atoms with E-state index in [9.17, 15) is 0 Å². The fraction of sp³-hybridized carbons (Fsp3) is 0.125. The molecule has 0 saturated heterocycles. The van der Waals surface area contributed by atoms with Crippen LogP contribution in [-0.2, 0) is 7.05 Å². The molecule has 1 aromatic heterocycles. The summed E-state index contributed by atoms with van der Waals surface area (Å²) < 4.78 is 2.59. The van der Waals surface area contributed by atoms with Gasteiger partial charge in [0.05, 0.1) is 15.9 Å². The van der Waals surface area contributed by atoms with E-state index < -0.39 is 0 Å². The van der Waals surface area contributed by atoms with E-state index in [2.05, 4.69) is 21.0 Å². The summed E-state index contributed by atoms with van der Waals surface area (Å²) in [6, 6.07) is 5.76. The van der Waals surface area contributed by atoms with E-state index in [0.29, 0.717) is 0 Å². The van der Waals surface area contributed by atoms with E-state index in [-0.39, 0.29) is 0 Å². The Hall–Kier alpha value is -0.540. The lowest BCUT2D eigenvalue weighted by molar-refractivity contribution is 0.788. The Bertz CT molecular complexity index is 436. The van der Waals surface area contributed by atoms with Crippen molar-refractivity contribution in [3.63, 3.8) is 0 Å². The third kappa shape index (κ3) is 1.04. The van der Waals surface area contributed by atoms with Gasteiger partial charge in [0.25, 0.3) is 0 Å². The number of aromatic nitrogens is 2. The molecule has 0 unspecified atom stereocenters. The van der Waals surface area contributed by atoms with Crippen molar-refractivity contribution in [3.8, 4) is 0 Å². The molecule has 0 aliphatic heterocycles. The Balaban J connectivity index is 2.99. The number of benzene rings is 1. The summed E-state index contributed by atoms with van der Waals surface area (Å²) in [5.41, 5.74) is 1.04. The van der Waals surface area contributed by atoms with Crippen LogP contribution in [0.1, 0.15) is 0 Å². The molecule has 0 spiro atoms. The molecule has 0 amide bonds. The zero-order valence-corrected chi connectivity index (χ0v) is 8.72. The second kappa shape index (κ2) is 2.75. The maximum Gasteiger partial charge on any atom is 0.137 e. The van der Waals surface area contributed by atoms with Crippen molar-refractivity contribution < 1.29 is 0 Å². The van der Waals surface area contributed by atoms with Crippen molar-refractivity contribution >= 4 is 38.4 Å². The predicted molar refractivity (Wildman–Crippen MR) is 53.4 cm³/mol. The quantitative estimate of drug-likeness (QED) is 0.698. The monoisotopic (exact) mass is 244 g/mol. The first-order valence-electron chi connectivity index (χ1n) is 3.47. The van der Waals surface area contributed by atoms with Crippen molar-refractivity contribution in [1.82, 2.24) is 9.78 Å². The fourth-order valence-corrected chi connectivity index (χ4v) is 2.25. The molecule has 0 saturated carbocycles. The molecule has 0 aliphatic carbocycles. The van der Waals surface area contributed by atoms with Crippen LogP contribution in [0, 0.1) is 0 Å². The van der Waals surface area contributed by atoms with Crippen molar-refractivity contribution in [3.05, 3.63) is 27.8 Å². The molecule has 1 aromatic carbocycles. The summed E-state index contributed by atoms with van der Waals surface area (Å²) in [4.78, 5) is 0. The minimum atomic E-state index is 0.729. The summed E-state index contributed by atoms with van der Waals surface area (Å²) in [5.74, 6) is 0. The Kier molecular flexibility index (Phi) is 1.85. The molecule has 62 valence electrons. The number of aryl methyl sites for hydroxylation is 1. The number of fused-ring (bicyclic) bond motifs is 1.